The van der Waals surface area contributed by atoms with E-state index in [-0.39, 0.29) is 19.3 Å². The van der Waals surface area contributed by atoms with Crippen molar-refractivity contribution in [2.45, 2.75) is 69.5 Å². The number of nitrogens with two attached hydrogens (primary N) is 2. The summed E-state index contributed by atoms with van der Waals surface area (Å²) in [6.07, 6.45) is -0.482. The standard InChI is InChI=1S/C19H31N7O8/c1-8(27)14(18(32)26-15(9(2)28)19(33)34)25-17(31)12(5-10-6-22-7-23-10)24-16(30)11(20)3-4-13(21)29/h6-9,11-12,14-15,27-28H,3-5,20H2,1-2H3,(H2,21,29)(H,22,23)(H,24,30)(H,25,31)(H,26,32)(H,33,34). The summed E-state index contributed by atoms with van der Waals surface area (Å²) in [5.74, 6) is -4.90. The lowest BCUT2D eigenvalue weighted by Crippen LogP contribution is -2.61. The van der Waals surface area contributed by atoms with Gasteiger partial charge in [0.25, 0.3) is 0 Å². The average molecular weight is 485 g/mol. The number of aliphatic hydroxyl groups excluding tert-OH is 2. The smallest absolute Gasteiger partial charge is 0.328 e. The Morgan fingerprint density at radius 1 is 1.00 bits per heavy atom. The van der Waals surface area contributed by atoms with E-state index in [0.717, 1.165) is 6.92 Å². The summed E-state index contributed by atoms with van der Waals surface area (Å²) in [6.45, 7) is 2.33. The van der Waals surface area contributed by atoms with Crippen LogP contribution in [-0.2, 0) is 30.4 Å². The number of carboxylic acids is 1. The highest BCUT2D eigenvalue weighted by Gasteiger charge is 2.34. The van der Waals surface area contributed by atoms with Crippen LogP contribution in [0.15, 0.2) is 12.5 Å². The Kier molecular flexibility index (Phi) is 11.1. The number of H-pyrrole nitrogens is 1. The first-order chi connectivity index (χ1) is 15.8. The zero-order valence-corrected chi connectivity index (χ0v) is 18.7. The quantitative estimate of drug-likeness (QED) is 0.123. The molecule has 4 amide bonds. The molecule has 0 aromatic carbocycles. The molecule has 190 valence electrons. The predicted octanol–water partition coefficient (Wildman–Crippen LogP) is -4.15. The van der Waals surface area contributed by atoms with E-state index in [1.807, 2.05) is 5.32 Å². The summed E-state index contributed by atoms with van der Waals surface area (Å²) in [5, 5.41) is 35.4. The van der Waals surface area contributed by atoms with E-state index in [9.17, 15) is 34.2 Å². The van der Waals surface area contributed by atoms with E-state index in [4.69, 9.17) is 16.6 Å². The molecule has 1 heterocycles. The lowest BCUT2D eigenvalue weighted by molar-refractivity contribution is -0.146. The van der Waals surface area contributed by atoms with E-state index >= 15 is 0 Å². The van der Waals surface area contributed by atoms with Gasteiger partial charge in [-0.2, -0.15) is 0 Å². The molecule has 1 aromatic heterocycles. The topological polar surface area (TPSA) is 263 Å². The molecule has 11 N–H and O–H groups in total. The number of hydrogen-bond acceptors (Lipinski definition) is 9. The molecule has 0 radical (unpaired) electrons. The van der Waals surface area contributed by atoms with Gasteiger partial charge in [0.1, 0.15) is 12.1 Å². The predicted molar refractivity (Wildman–Crippen MR) is 115 cm³/mol. The molecule has 0 aliphatic rings. The van der Waals surface area contributed by atoms with Gasteiger partial charge in [0.2, 0.25) is 23.6 Å². The second kappa shape index (κ2) is 13.2. The van der Waals surface area contributed by atoms with Crippen LogP contribution in [0.1, 0.15) is 32.4 Å². The molecule has 15 nitrogen and oxygen atoms in total. The number of aliphatic carboxylic acids is 1. The normalized spacial score (nSPS) is 16.3. The Bertz CT molecular complexity index is 859. The highest BCUT2D eigenvalue weighted by Crippen LogP contribution is 2.04. The first-order valence-corrected chi connectivity index (χ1v) is 10.3. The number of primary amides is 1. The third-order valence-corrected chi connectivity index (χ3v) is 4.76. The van der Waals surface area contributed by atoms with Crippen molar-refractivity contribution in [1.29, 1.82) is 0 Å². The maximum absolute atomic E-state index is 12.9. The zero-order valence-electron chi connectivity index (χ0n) is 18.7. The minimum atomic E-state index is -1.69. The molecule has 34 heavy (non-hydrogen) atoms. The Morgan fingerprint density at radius 3 is 2.06 bits per heavy atom. The van der Waals surface area contributed by atoms with Gasteiger partial charge < -0.3 is 47.7 Å². The third-order valence-electron chi connectivity index (χ3n) is 4.76. The molecule has 0 saturated carbocycles. The number of carbonyl (C=O) groups excluding carboxylic acids is 4. The molecule has 0 aliphatic carbocycles. The van der Waals surface area contributed by atoms with Crippen LogP contribution in [0.3, 0.4) is 0 Å². The minimum absolute atomic E-state index is 0.0613. The molecular weight excluding hydrogens is 454 g/mol. The van der Waals surface area contributed by atoms with E-state index < -0.39 is 66.0 Å². The second-order valence-corrected chi connectivity index (χ2v) is 7.75. The maximum Gasteiger partial charge on any atom is 0.328 e. The van der Waals surface area contributed by atoms with Gasteiger partial charge >= 0.3 is 5.97 Å². The lowest BCUT2D eigenvalue weighted by Gasteiger charge is -2.27. The number of nitrogens with zero attached hydrogens (tertiary/aromatic N) is 1. The number of amides is 4. The van der Waals surface area contributed by atoms with Crippen molar-refractivity contribution in [1.82, 2.24) is 25.9 Å². The van der Waals surface area contributed by atoms with Crippen LogP contribution >= 0.6 is 0 Å². The van der Waals surface area contributed by atoms with Crippen molar-refractivity contribution in [3.63, 3.8) is 0 Å². The number of nitrogens with one attached hydrogen (secondary N) is 4. The molecule has 15 heteroatoms. The molecule has 1 aromatic rings. The average Bonchev–Trinajstić information content (AvgIpc) is 3.25. The fraction of sp³-hybridized carbons (Fsp3) is 0.579. The summed E-state index contributed by atoms with van der Waals surface area (Å²) in [6, 6.07) is -5.73. The molecule has 0 aliphatic heterocycles. The van der Waals surface area contributed by atoms with E-state index in [0.29, 0.717) is 5.69 Å². The molecule has 0 bridgehead atoms. The highest BCUT2D eigenvalue weighted by atomic mass is 16.4. The van der Waals surface area contributed by atoms with Crippen molar-refractivity contribution >= 4 is 29.6 Å². The fourth-order valence-corrected chi connectivity index (χ4v) is 2.82. The Hall–Kier alpha value is -3.56. The van der Waals surface area contributed by atoms with Crippen LogP contribution in [0.25, 0.3) is 0 Å². The molecular formula is C19H31N7O8. The van der Waals surface area contributed by atoms with E-state index in [1.54, 1.807) is 0 Å². The number of aromatic amines is 1. The van der Waals surface area contributed by atoms with Gasteiger partial charge in [0.05, 0.1) is 24.6 Å². The number of rotatable bonds is 14. The maximum atomic E-state index is 12.9. The summed E-state index contributed by atoms with van der Waals surface area (Å²) >= 11 is 0. The zero-order chi connectivity index (χ0) is 26.0. The number of aromatic nitrogens is 2. The molecule has 1 rings (SSSR count). The highest BCUT2D eigenvalue weighted by molar-refractivity contribution is 5.94. The van der Waals surface area contributed by atoms with Crippen LogP contribution in [0.4, 0.5) is 0 Å². The number of hydrogen-bond donors (Lipinski definition) is 9. The van der Waals surface area contributed by atoms with Crippen molar-refractivity contribution in [2.75, 3.05) is 0 Å². The molecule has 0 spiro atoms. The number of carboxylic acid groups (broad SMARTS) is 1. The van der Waals surface area contributed by atoms with Crippen molar-refractivity contribution in [2.24, 2.45) is 11.5 Å². The molecule has 6 atom stereocenters. The van der Waals surface area contributed by atoms with Crippen molar-refractivity contribution in [3.05, 3.63) is 18.2 Å². The van der Waals surface area contributed by atoms with E-state index in [2.05, 4.69) is 20.6 Å². The van der Waals surface area contributed by atoms with Gasteiger partial charge in [-0.05, 0) is 20.3 Å². The van der Waals surface area contributed by atoms with Crippen molar-refractivity contribution in [3.8, 4) is 0 Å². The van der Waals surface area contributed by atoms with Crippen LogP contribution in [0.2, 0.25) is 0 Å². The van der Waals surface area contributed by atoms with Crippen LogP contribution in [0, 0.1) is 0 Å². The first kappa shape index (κ1) is 28.5. The van der Waals surface area contributed by atoms with Crippen LogP contribution < -0.4 is 27.4 Å². The Morgan fingerprint density at radius 2 is 1.59 bits per heavy atom. The third kappa shape index (κ3) is 9.13. The van der Waals surface area contributed by atoms with Crippen LogP contribution in [-0.4, -0.2) is 91.3 Å². The minimum Gasteiger partial charge on any atom is -0.480 e. The summed E-state index contributed by atoms with van der Waals surface area (Å²) < 4.78 is 0. The second-order valence-electron chi connectivity index (χ2n) is 7.75. The SMILES string of the molecule is CC(O)C(NC(=O)C(NC(=O)C(Cc1cnc[nH]1)NC(=O)C(N)CCC(N)=O)C(C)O)C(=O)O. The number of aliphatic hydroxyl groups is 2. The van der Waals surface area contributed by atoms with E-state index in [1.165, 1.54) is 19.4 Å². The molecule has 0 fully saturated rings. The Labute approximate surface area is 194 Å². The van der Waals surface area contributed by atoms with Gasteiger partial charge in [-0.1, -0.05) is 0 Å². The monoisotopic (exact) mass is 485 g/mol. The van der Waals surface area contributed by atoms with Gasteiger partial charge in [-0.25, -0.2) is 9.78 Å². The number of carbonyl (C=O) groups is 5. The summed E-state index contributed by atoms with van der Waals surface area (Å²) in [7, 11) is 0. The first-order valence-electron chi connectivity index (χ1n) is 10.3. The van der Waals surface area contributed by atoms with Gasteiger partial charge in [-0.3, -0.25) is 19.2 Å². The molecule has 6 unspecified atom stereocenters. The summed E-state index contributed by atoms with van der Waals surface area (Å²) in [4.78, 5) is 66.6. The summed E-state index contributed by atoms with van der Waals surface area (Å²) in [5.41, 5.74) is 11.2. The van der Waals surface area contributed by atoms with Gasteiger partial charge in [0.15, 0.2) is 6.04 Å². The lowest BCUT2D eigenvalue weighted by atomic mass is 10.1. The van der Waals surface area contributed by atoms with Crippen molar-refractivity contribution < 1.29 is 39.3 Å². The largest absolute Gasteiger partial charge is 0.480 e. The molecule has 0 saturated heterocycles. The van der Waals surface area contributed by atoms with Gasteiger partial charge in [-0.15, -0.1) is 0 Å². The fourth-order valence-electron chi connectivity index (χ4n) is 2.82. The Balaban J connectivity index is 3.00. The van der Waals surface area contributed by atoms with Gasteiger partial charge in [0, 0.05) is 24.7 Å². The van der Waals surface area contributed by atoms with Crippen LogP contribution in [0.5, 0.6) is 0 Å². The number of imidazole rings is 1.